The fraction of sp³-hybridized carbons (Fsp3) is 0.625. The standard InChI is InChI=1S/C24H35NO3/c1-13(2)9-17-16(5)14(3)10-18-20-15(4)12-28-24(11-19(26)27,23(6,7)8)22(20)25-21(17)18/h10,13,15,25H,9,11-12H2,1-8H3,(H,26,27)/p+1/t15?,24-/m1/s1/i6D3,9D2,10D,11D2,12D2,13D,15D/hD3. The minimum atomic E-state index is -3.80. The normalized spacial score (nSPS) is 36.6. The second-order valence-electron chi connectivity index (χ2n) is 7.98. The molecule has 0 radical (unpaired) electrons. The topological polar surface area (TPSA) is 65.0 Å². The number of rotatable bonds is 4. The predicted octanol–water partition coefficient (Wildman–Crippen LogP) is 5.00. The van der Waals surface area contributed by atoms with Crippen LogP contribution in [0.25, 0.3) is 10.9 Å². The molecule has 1 unspecified atom stereocenters. The number of aromatic nitrogens is 1. The van der Waals surface area contributed by atoms with Crippen LogP contribution in [-0.4, -0.2) is 25.5 Å². The number of fused-ring (bicyclic) bond motifs is 3. The third-order valence-electron chi connectivity index (χ3n) is 5.03. The molecule has 0 fully saturated rings. The Hall–Kier alpha value is -1.81. The summed E-state index contributed by atoms with van der Waals surface area (Å²) in [6.07, 6.45) is -6.39. The van der Waals surface area contributed by atoms with Gasteiger partial charge in [0, 0.05) is 33.9 Å². The van der Waals surface area contributed by atoms with Gasteiger partial charge in [0.15, 0.2) is 1.41 Å². The largest absolute Gasteiger partial charge is 0.565 e. The van der Waals surface area contributed by atoms with Crippen molar-refractivity contribution >= 4 is 16.9 Å². The molecular formula is C24H36NO3+. The first kappa shape index (κ1) is 8.91. The zero-order valence-electron chi connectivity index (χ0n) is 32.2. The Balaban J connectivity index is 2.93. The number of benzene rings is 1. The van der Waals surface area contributed by atoms with Gasteiger partial charge in [-0.15, -0.1) is 0 Å². The van der Waals surface area contributed by atoms with E-state index < -0.39 is 77.7 Å². The van der Waals surface area contributed by atoms with Crippen LogP contribution >= 0.6 is 0 Å². The molecule has 28 heavy (non-hydrogen) atoms. The minimum absolute atomic E-state index is 0.139. The van der Waals surface area contributed by atoms with Crippen LogP contribution in [0, 0.1) is 25.2 Å². The maximum absolute atomic E-state index is 13.2. The Bertz CT molecular complexity index is 1500. The number of hydrogen-bond acceptors (Lipinski definition) is 2. The van der Waals surface area contributed by atoms with E-state index in [0.29, 0.717) is 4.98 Å². The van der Waals surface area contributed by atoms with Crippen LogP contribution in [0.4, 0.5) is 0 Å². The van der Waals surface area contributed by atoms with E-state index in [4.69, 9.17) is 24.0 Å². The SMILES string of the molecule is [2H]c1c(C)c(C)c(C([2H])([2H])C([2H])(C)C)c2c1c1c(n2[2H])[C@](C([2H])([2H])C(=O)[O+]([2H])[2H])(C(C)(C)C([2H])([2H])[2H])OC([2H])([2H])C1([2H])C. The molecule has 0 saturated carbocycles. The smallest absolute Gasteiger partial charge is 0.519 e. The van der Waals surface area contributed by atoms with Crippen LogP contribution < -0.4 is 0 Å². The molecule has 4 heteroatoms. The molecule has 1 aliphatic rings. The van der Waals surface area contributed by atoms with Gasteiger partial charge in [0.05, 0.1) is 16.4 Å². The monoisotopic (exact) mass is 401 g/mol. The molecule has 2 atom stereocenters. The molecule has 0 aliphatic carbocycles. The first-order valence-corrected chi connectivity index (χ1v) is 9.01. The van der Waals surface area contributed by atoms with Gasteiger partial charge in [-0.05, 0) is 59.8 Å². The van der Waals surface area contributed by atoms with Gasteiger partial charge < -0.3 is 14.8 Å². The van der Waals surface area contributed by atoms with Gasteiger partial charge in [-0.3, -0.25) is 0 Å². The molecule has 2 heterocycles. The van der Waals surface area contributed by atoms with Crippen molar-refractivity contribution in [1.29, 1.82) is 2.86 Å². The van der Waals surface area contributed by atoms with Gasteiger partial charge in [0.25, 0.3) is 0 Å². The average Bonchev–Trinajstić information content (AvgIpc) is 3.11. The lowest BCUT2D eigenvalue weighted by Gasteiger charge is -2.46. The molecule has 154 valence electrons. The van der Waals surface area contributed by atoms with E-state index >= 15 is 0 Å². The van der Waals surface area contributed by atoms with Crippen LogP contribution in [0.2, 0.25) is 1.41 Å². The van der Waals surface area contributed by atoms with Crippen LogP contribution in [0.15, 0.2) is 6.04 Å². The van der Waals surface area contributed by atoms with Crippen LogP contribution in [-0.2, 0) is 21.5 Å². The quantitative estimate of drug-likeness (QED) is 0.733. The van der Waals surface area contributed by atoms with E-state index in [1.54, 1.807) is 0 Å². The maximum Gasteiger partial charge on any atom is 0.519 e. The molecule has 3 rings (SSSR count). The van der Waals surface area contributed by atoms with Gasteiger partial charge in [0.2, 0.25) is 0 Å². The Morgan fingerprint density at radius 1 is 1.71 bits per heavy atom. The molecule has 0 amide bonds. The van der Waals surface area contributed by atoms with Gasteiger partial charge in [-0.1, -0.05) is 41.5 Å². The van der Waals surface area contributed by atoms with Gasteiger partial charge in [-0.25, -0.2) is 0 Å². The fourth-order valence-corrected chi connectivity index (χ4v) is 3.49. The lowest BCUT2D eigenvalue weighted by atomic mass is 9.69. The summed E-state index contributed by atoms with van der Waals surface area (Å²) in [5, 5.41) is -0.0942. The zero-order valence-corrected chi connectivity index (χ0v) is 17.2. The third-order valence-corrected chi connectivity index (χ3v) is 5.03. The molecule has 2 aromatic rings. The highest BCUT2D eigenvalue weighted by molar-refractivity contribution is 5.90. The summed E-state index contributed by atoms with van der Waals surface area (Å²) in [4.78, 5) is 13.6. The van der Waals surface area contributed by atoms with E-state index in [9.17, 15) is 6.21 Å². The first-order valence-electron chi connectivity index (χ1n) is 16.3. The molecule has 3 N–H and O–H groups in total. The summed E-state index contributed by atoms with van der Waals surface area (Å²) in [6, 6.07) is -0.391. The Labute approximate surface area is 190 Å². The lowest BCUT2D eigenvalue weighted by Crippen LogP contribution is -2.48. The van der Waals surface area contributed by atoms with Crippen LogP contribution in [0.1, 0.15) is 98.1 Å². The molecule has 0 saturated heterocycles. The maximum atomic E-state index is 13.2. The highest BCUT2D eigenvalue weighted by Gasteiger charge is 2.53. The summed E-state index contributed by atoms with van der Waals surface area (Å²) in [5.74, 6) is -6.55. The molecular weight excluding hydrogens is 350 g/mol. The zero-order chi connectivity index (χ0) is 34.1. The van der Waals surface area contributed by atoms with Crippen molar-refractivity contribution in [2.45, 2.75) is 79.6 Å². The van der Waals surface area contributed by atoms with Crippen molar-refractivity contribution < 1.29 is 32.5 Å². The van der Waals surface area contributed by atoms with Crippen molar-refractivity contribution in [2.24, 2.45) is 11.3 Å². The summed E-state index contributed by atoms with van der Waals surface area (Å²) in [7, 11) is 0. The van der Waals surface area contributed by atoms with Crippen molar-refractivity contribution in [3.05, 3.63) is 34.0 Å². The molecule has 1 aliphatic heterocycles. The summed E-state index contributed by atoms with van der Waals surface area (Å²) < 4.78 is 135. The van der Waals surface area contributed by atoms with Gasteiger partial charge in [-0.2, -0.15) is 0 Å². The molecule has 1 aromatic heterocycles. The number of carbonyl (C=O) groups is 1. The number of H-pyrrole nitrogens is 1. The molecule has 0 spiro atoms. The van der Waals surface area contributed by atoms with Crippen molar-refractivity contribution in [3.63, 3.8) is 0 Å². The van der Waals surface area contributed by atoms with Crippen LogP contribution in [0.5, 0.6) is 0 Å². The van der Waals surface area contributed by atoms with E-state index in [-0.39, 0.29) is 27.2 Å². The highest BCUT2D eigenvalue weighted by Crippen LogP contribution is 2.53. The summed E-state index contributed by atoms with van der Waals surface area (Å²) >= 11 is 0. The van der Waals surface area contributed by atoms with Crippen LogP contribution in [0.3, 0.4) is 0 Å². The lowest BCUT2D eigenvalue weighted by molar-refractivity contribution is -0.169. The Morgan fingerprint density at radius 2 is 2.43 bits per heavy atom. The van der Waals surface area contributed by atoms with E-state index in [1.807, 2.05) is 0 Å². The fourth-order valence-electron chi connectivity index (χ4n) is 3.49. The highest BCUT2D eigenvalue weighted by atomic mass is 16.5. The molecule has 0 bridgehead atoms. The first-order chi connectivity index (χ1) is 18.8. The Morgan fingerprint density at radius 3 is 3.04 bits per heavy atom. The van der Waals surface area contributed by atoms with Gasteiger partial charge >= 0.3 is 8.83 Å². The number of nitrogens with one attached hydrogen (secondary N) is 1. The summed E-state index contributed by atoms with van der Waals surface area (Å²) in [5.41, 5.74) is -7.98. The van der Waals surface area contributed by atoms with Crippen molar-refractivity contribution in [2.75, 3.05) is 6.56 Å². The molecule has 1 aromatic carbocycles. The van der Waals surface area contributed by atoms with E-state index in [0.717, 1.165) is 20.8 Å². The second-order valence-corrected chi connectivity index (χ2v) is 7.98. The van der Waals surface area contributed by atoms with E-state index in [1.165, 1.54) is 27.7 Å². The number of ether oxygens (including phenoxy) is 1. The number of carbonyl (C=O) groups excluding carboxylic acids is 1. The van der Waals surface area contributed by atoms with Crippen molar-refractivity contribution in [1.82, 2.24) is 4.98 Å². The van der Waals surface area contributed by atoms with Gasteiger partial charge in [0.1, 0.15) is 12.0 Å². The second kappa shape index (κ2) is 6.91. The number of hydrogen-bond donors (Lipinski definition) is 1. The summed E-state index contributed by atoms with van der Waals surface area (Å²) in [6.45, 7) is 1.69. The minimum Gasteiger partial charge on any atom is -0.565 e. The predicted molar refractivity (Wildman–Crippen MR) is 115 cm³/mol. The Kier molecular flexibility index (Phi) is 2.20. The van der Waals surface area contributed by atoms with E-state index in [2.05, 4.69) is 0 Å². The molecule has 4 nitrogen and oxygen atoms in total. The third kappa shape index (κ3) is 3.16. The average molecular weight is 402 g/mol. The van der Waals surface area contributed by atoms with Crippen molar-refractivity contribution in [3.8, 4) is 0 Å². The number of aromatic amines is 1.